The van der Waals surface area contributed by atoms with Crippen LogP contribution in [0.1, 0.15) is 23.2 Å². The lowest BCUT2D eigenvalue weighted by atomic mass is 9.82. The molecule has 1 aliphatic rings. The van der Waals surface area contributed by atoms with E-state index in [1.54, 1.807) is 12.2 Å². The van der Waals surface area contributed by atoms with Gasteiger partial charge in [0.1, 0.15) is 5.82 Å². The van der Waals surface area contributed by atoms with Crippen LogP contribution in [0, 0.1) is 17.7 Å². The number of carboxylic acids is 1. The zero-order valence-corrected chi connectivity index (χ0v) is 11.6. The lowest BCUT2D eigenvalue weighted by Gasteiger charge is -2.24. The Morgan fingerprint density at radius 1 is 1.05 bits per heavy atom. The zero-order chi connectivity index (χ0) is 16.1. The first-order valence-corrected chi connectivity index (χ1v) is 6.73. The van der Waals surface area contributed by atoms with Crippen molar-refractivity contribution in [1.29, 1.82) is 0 Å². The first-order valence-electron chi connectivity index (χ1n) is 6.73. The Morgan fingerprint density at radius 2 is 1.68 bits per heavy atom. The van der Waals surface area contributed by atoms with Gasteiger partial charge in [0.05, 0.1) is 17.4 Å². The topological polar surface area (TPSA) is 95.5 Å². The first-order chi connectivity index (χ1) is 10.5. The van der Waals surface area contributed by atoms with Gasteiger partial charge in [0.2, 0.25) is 5.91 Å². The second-order valence-corrected chi connectivity index (χ2v) is 4.92. The molecule has 0 radical (unpaired) electrons. The molecule has 0 aromatic heterocycles. The second-order valence-electron chi connectivity index (χ2n) is 4.92. The number of hydrogen-bond acceptors (Lipinski definition) is 3. The van der Waals surface area contributed by atoms with Crippen molar-refractivity contribution in [3.8, 4) is 0 Å². The summed E-state index contributed by atoms with van der Waals surface area (Å²) in [6, 6.07) is 5.34. The maximum atomic E-state index is 13.4. The van der Waals surface area contributed by atoms with Crippen molar-refractivity contribution in [3.05, 3.63) is 47.8 Å². The second kappa shape index (κ2) is 6.84. The molecule has 0 spiro atoms. The van der Waals surface area contributed by atoms with Gasteiger partial charge in [-0.1, -0.05) is 24.3 Å². The summed E-state index contributed by atoms with van der Waals surface area (Å²) in [6.07, 6.45) is 3.97. The summed E-state index contributed by atoms with van der Waals surface area (Å²) in [5.41, 5.74) is 4.05. The van der Waals surface area contributed by atoms with Gasteiger partial charge in [-0.3, -0.25) is 25.2 Å². The summed E-state index contributed by atoms with van der Waals surface area (Å²) in [5, 5.41) is 9.10. The van der Waals surface area contributed by atoms with Gasteiger partial charge in [-0.2, -0.15) is 0 Å². The van der Waals surface area contributed by atoms with Gasteiger partial charge in [-0.15, -0.1) is 0 Å². The van der Waals surface area contributed by atoms with Crippen LogP contribution in [0.25, 0.3) is 0 Å². The average molecular weight is 306 g/mol. The third-order valence-corrected chi connectivity index (χ3v) is 3.50. The highest BCUT2D eigenvalue weighted by molar-refractivity contribution is 5.96. The number of benzene rings is 1. The van der Waals surface area contributed by atoms with E-state index in [1.807, 2.05) is 0 Å². The molecule has 1 aromatic rings. The number of carboxylic acid groups (broad SMARTS) is 1. The molecule has 22 heavy (non-hydrogen) atoms. The molecule has 3 N–H and O–H groups in total. The fourth-order valence-corrected chi connectivity index (χ4v) is 2.30. The van der Waals surface area contributed by atoms with E-state index in [0.29, 0.717) is 0 Å². The average Bonchev–Trinajstić information content (AvgIpc) is 2.52. The normalized spacial score (nSPS) is 20.2. The smallest absolute Gasteiger partial charge is 0.307 e. The molecule has 0 saturated carbocycles. The first kappa shape index (κ1) is 15.7. The van der Waals surface area contributed by atoms with Gasteiger partial charge in [0, 0.05) is 0 Å². The predicted molar refractivity (Wildman–Crippen MR) is 75.0 cm³/mol. The lowest BCUT2D eigenvalue weighted by molar-refractivity contribution is -0.147. The van der Waals surface area contributed by atoms with Crippen molar-refractivity contribution in [1.82, 2.24) is 10.9 Å². The number of carbonyl (C=O) groups is 3. The minimum absolute atomic E-state index is 0.207. The van der Waals surface area contributed by atoms with E-state index in [2.05, 4.69) is 10.9 Å². The Hall–Kier alpha value is -2.70. The van der Waals surface area contributed by atoms with Gasteiger partial charge < -0.3 is 5.11 Å². The van der Waals surface area contributed by atoms with Crippen LogP contribution in [0.5, 0.6) is 0 Å². The van der Waals surface area contributed by atoms with E-state index in [1.165, 1.54) is 18.2 Å². The fraction of sp³-hybridized carbons (Fsp3) is 0.267. The van der Waals surface area contributed by atoms with Gasteiger partial charge >= 0.3 is 5.97 Å². The zero-order valence-electron chi connectivity index (χ0n) is 11.6. The highest BCUT2D eigenvalue weighted by Gasteiger charge is 2.34. The number of nitrogens with one attached hydrogen (secondary N) is 2. The largest absolute Gasteiger partial charge is 0.481 e. The number of allylic oxidation sites excluding steroid dienone is 2. The van der Waals surface area contributed by atoms with E-state index >= 15 is 0 Å². The maximum absolute atomic E-state index is 13.4. The monoisotopic (exact) mass is 306 g/mol. The van der Waals surface area contributed by atoms with Crippen LogP contribution in [0.2, 0.25) is 0 Å². The van der Waals surface area contributed by atoms with Crippen molar-refractivity contribution >= 4 is 17.8 Å². The highest BCUT2D eigenvalue weighted by Crippen LogP contribution is 2.25. The maximum Gasteiger partial charge on any atom is 0.307 e. The summed E-state index contributed by atoms with van der Waals surface area (Å²) in [5.74, 6) is -4.80. The number of rotatable bonds is 3. The Labute approximate surface area is 126 Å². The molecule has 0 fully saturated rings. The molecule has 6 nitrogen and oxygen atoms in total. The summed E-state index contributed by atoms with van der Waals surface area (Å²) in [6.45, 7) is 0. The molecule has 116 valence electrons. The molecular formula is C15H15FN2O4. The Kier molecular flexibility index (Phi) is 4.88. The van der Waals surface area contributed by atoms with Crippen LogP contribution in [0.15, 0.2) is 36.4 Å². The number of halogens is 1. The molecule has 0 aliphatic heterocycles. The quantitative estimate of drug-likeness (QED) is 0.578. The van der Waals surface area contributed by atoms with Crippen molar-refractivity contribution in [2.24, 2.45) is 11.8 Å². The number of hydrogen-bond donors (Lipinski definition) is 3. The summed E-state index contributed by atoms with van der Waals surface area (Å²) < 4.78 is 13.4. The van der Waals surface area contributed by atoms with Gasteiger partial charge in [-0.25, -0.2) is 4.39 Å². The number of aliphatic carboxylic acids is 1. The van der Waals surface area contributed by atoms with E-state index < -0.39 is 35.4 Å². The summed E-state index contributed by atoms with van der Waals surface area (Å²) in [4.78, 5) is 34.9. The van der Waals surface area contributed by atoms with Crippen molar-refractivity contribution in [2.75, 3.05) is 0 Å². The molecule has 2 amide bonds. The molecule has 0 bridgehead atoms. The highest BCUT2D eigenvalue weighted by atomic mass is 19.1. The minimum Gasteiger partial charge on any atom is -0.481 e. The van der Waals surface area contributed by atoms with Crippen LogP contribution in [-0.4, -0.2) is 22.9 Å². The predicted octanol–water partition coefficient (Wildman–Crippen LogP) is 1.25. The van der Waals surface area contributed by atoms with E-state index in [4.69, 9.17) is 5.11 Å². The summed E-state index contributed by atoms with van der Waals surface area (Å²) in [7, 11) is 0. The Morgan fingerprint density at radius 3 is 2.32 bits per heavy atom. The molecule has 1 aromatic carbocycles. The van der Waals surface area contributed by atoms with Gasteiger partial charge in [0.25, 0.3) is 5.91 Å². The van der Waals surface area contributed by atoms with Crippen molar-refractivity contribution < 1.29 is 23.9 Å². The standard InChI is InChI=1S/C15H15FN2O4/c16-12-8-4-3-7-11(12)14(20)18-17-13(19)9-5-1-2-6-10(9)15(21)22/h1-4,7-10H,5-6H2,(H,17,19)(H,18,20)(H,21,22). The molecule has 2 unspecified atom stereocenters. The van der Waals surface area contributed by atoms with Crippen LogP contribution in [-0.2, 0) is 9.59 Å². The molecule has 2 rings (SSSR count). The molecule has 0 heterocycles. The molecular weight excluding hydrogens is 291 g/mol. The molecule has 2 atom stereocenters. The molecule has 0 saturated heterocycles. The Balaban J connectivity index is 1.98. The minimum atomic E-state index is -1.06. The van der Waals surface area contributed by atoms with Crippen LogP contribution >= 0.6 is 0 Å². The molecule has 1 aliphatic carbocycles. The van der Waals surface area contributed by atoms with Crippen molar-refractivity contribution in [3.63, 3.8) is 0 Å². The van der Waals surface area contributed by atoms with Gasteiger partial charge in [0.15, 0.2) is 0 Å². The lowest BCUT2D eigenvalue weighted by Crippen LogP contribution is -2.47. The summed E-state index contributed by atoms with van der Waals surface area (Å²) >= 11 is 0. The van der Waals surface area contributed by atoms with E-state index in [-0.39, 0.29) is 18.4 Å². The van der Waals surface area contributed by atoms with E-state index in [0.717, 1.165) is 6.07 Å². The Bertz CT molecular complexity index is 630. The van der Waals surface area contributed by atoms with Crippen LogP contribution in [0.3, 0.4) is 0 Å². The van der Waals surface area contributed by atoms with Crippen LogP contribution in [0.4, 0.5) is 4.39 Å². The number of amides is 2. The SMILES string of the molecule is O=C(NNC(=O)C1CC=CCC1C(=O)O)c1ccccc1F. The third kappa shape index (κ3) is 3.49. The number of hydrazine groups is 1. The molecule has 7 heteroatoms. The number of carbonyl (C=O) groups excluding carboxylic acids is 2. The third-order valence-electron chi connectivity index (χ3n) is 3.50. The van der Waals surface area contributed by atoms with E-state index in [9.17, 15) is 18.8 Å². The van der Waals surface area contributed by atoms with Gasteiger partial charge in [-0.05, 0) is 25.0 Å². The van der Waals surface area contributed by atoms with Crippen molar-refractivity contribution in [2.45, 2.75) is 12.8 Å². The fourth-order valence-electron chi connectivity index (χ4n) is 2.30. The van der Waals surface area contributed by atoms with Crippen LogP contribution < -0.4 is 10.9 Å².